The van der Waals surface area contributed by atoms with Crippen molar-refractivity contribution >= 4 is 10.0 Å². The lowest BCUT2D eigenvalue weighted by molar-refractivity contribution is 0.372. The minimum absolute atomic E-state index is 0.124. The minimum atomic E-state index is -3.17. The summed E-state index contributed by atoms with van der Waals surface area (Å²) in [6.45, 7) is 6.61. The number of hydrogen-bond acceptors (Lipinski definition) is 3. The normalized spacial score (nSPS) is 26.9. The van der Waals surface area contributed by atoms with Crippen molar-refractivity contribution in [1.29, 1.82) is 0 Å². The Morgan fingerprint density at radius 3 is 2.50 bits per heavy atom. The third-order valence-electron chi connectivity index (χ3n) is 3.32. The van der Waals surface area contributed by atoms with Crippen LogP contribution < -0.4 is 10.0 Å². The Morgan fingerprint density at radius 2 is 2.06 bits per heavy atom. The van der Waals surface area contributed by atoms with E-state index < -0.39 is 10.0 Å². The number of sulfonamides is 1. The summed E-state index contributed by atoms with van der Waals surface area (Å²) in [5.41, 5.74) is 0.277. The zero-order valence-electron chi connectivity index (χ0n) is 10.7. The van der Waals surface area contributed by atoms with E-state index in [0.717, 1.165) is 19.3 Å². The molecule has 1 saturated carbocycles. The van der Waals surface area contributed by atoms with Gasteiger partial charge in [-0.25, -0.2) is 13.1 Å². The van der Waals surface area contributed by atoms with Crippen molar-refractivity contribution in [2.45, 2.75) is 51.3 Å². The largest absolute Gasteiger partial charge is 0.318 e. The van der Waals surface area contributed by atoms with Gasteiger partial charge >= 0.3 is 0 Å². The summed E-state index contributed by atoms with van der Waals surface area (Å²) < 4.78 is 26.7. The second kappa shape index (κ2) is 5.02. The Kier molecular flexibility index (Phi) is 4.37. The van der Waals surface area contributed by atoms with E-state index in [2.05, 4.69) is 23.9 Å². The van der Waals surface area contributed by atoms with Crippen molar-refractivity contribution in [1.82, 2.24) is 10.0 Å². The summed E-state index contributed by atoms with van der Waals surface area (Å²) in [6, 6.07) is 0.124. The molecule has 1 aliphatic rings. The molecule has 1 fully saturated rings. The van der Waals surface area contributed by atoms with Crippen molar-refractivity contribution in [3.63, 3.8) is 0 Å². The highest BCUT2D eigenvalue weighted by Crippen LogP contribution is 2.37. The standard InChI is InChI=1S/C11H24N2O2S/c1-9(8-12-4)16(14,15)13-10-5-6-11(2,3)7-10/h9-10,12-13H,5-8H2,1-4H3. The van der Waals surface area contributed by atoms with Crippen molar-refractivity contribution < 1.29 is 8.42 Å². The third kappa shape index (κ3) is 3.71. The van der Waals surface area contributed by atoms with Gasteiger partial charge < -0.3 is 5.32 Å². The lowest BCUT2D eigenvalue weighted by atomic mass is 9.92. The molecular formula is C11H24N2O2S. The Bertz CT molecular complexity index is 325. The van der Waals surface area contributed by atoms with Gasteiger partial charge in [-0.15, -0.1) is 0 Å². The molecule has 0 amide bonds. The van der Waals surface area contributed by atoms with Crippen molar-refractivity contribution in [3.05, 3.63) is 0 Å². The van der Waals surface area contributed by atoms with Gasteiger partial charge in [-0.2, -0.15) is 0 Å². The smallest absolute Gasteiger partial charge is 0.215 e. The van der Waals surface area contributed by atoms with E-state index in [1.165, 1.54) is 0 Å². The van der Waals surface area contributed by atoms with Gasteiger partial charge in [0.2, 0.25) is 10.0 Å². The zero-order valence-corrected chi connectivity index (χ0v) is 11.5. The van der Waals surface area contributed by atoms with Gasteiger partial charge in [-0.3, -0.25) is 0 Å². The first-order valence-corrected chi connectivity index (χ1v) is 7.47. The van der Waals surface area contributed by atoms with Crippen LogP contribution in [-0.2, 0) is 10.0 Å². The number of nitrogens with one attached hydrogen (secondary N) is 2. The molecule has 2 N–H and O–H groups in total. The molecule has 0 aromatic carbocycles. The van der Waals surface area contributed by atoms with E-state index in [9.17, 15) is 8.42 Å². The first-order valence-electron chi connectivity index (χ1n) is 5.92. The van der Waals surface area contributed by atoms with Crippen LogP contribution in [0, 0.1) is 5.41 Å². The summed E-state index contributed by atoms with van der Waals surface area (Å²) in [6.07, 6.45) is 3.00. The van der Waals surface area contributed by atoms with Gasteiger partial charge in [0.15, 0.2) is 0 Å². The molecular weight excluding hydrogens is 224 g/mol. The summed E-state index contributed by atoms with van der Waals surface area (Å²) in [7, 11) is -1.40. The van der Waals surface area contributed by atoms with Crippen LogP contribution >= 0.6 is 0 Å². The molecule has 2 atom stereocenters. The highest BCUT2D eigenvalue weighted by Gasteiger charge is 2.34. The predicted molar refractivity (Wildman–Crippen MR) is 66.9 cm³/mol. The molecule has 0 aromatic heterocycles. The summed E-state index contributed by atoms with van der Waals surface area (Å²) in [5, 5.41) is 2.52. The second-order valence-corrected chi connectivity index (χ2v) is 7.77. The molecule has 4 nitrogen and oxygen atoms in total. The average Bonchev–Trinajstić information content (AvgIpc) is 2.45. The first-order chi connectivity index (χ1) is 7.27. The van der Waals surface area contributed by atoms with E-state index in [1.807, 2.05) is 0 Å². The van der Waals surface area contributed by atoms with Crippen LogP contribution in [0.15, 0.2) is 0 Å². The molecule has 0 aliphatic heterocycles. The molecule has 16 heavy (non-hydrogen) atoms. The summed E-state index contributed by atoms with van der Waals surface area (Å²) in [4.78, 5) is 0. The Labute approximate surface area is 99.2 Å². The maximum atomic E-state index is 11.9. The molecule has 1 aliphatic carbocycles. The predicted octanol–water partition coefficient (Wildman–Crippen LogP) is 1.09. The van der Waals surface area contributed by atoms with Crippen LogP contribution in [0.4, 0.5) is 0 Å². The lowest BCUT2D eigenvalue weighted by Gasteiger charge is -2.20. The van der Waals surface area contributed by atoms with Gasteiger partial charge in [0.05, 0.1) is 5.25 Å². The van der Waals surface area contributed by atoms with Crippen molar-refractivity contribution in [3.8, 4) is 0 Å². The van der Waals surface area contributed by atoms with Crippen LogP contribution in [0.25, 0.3) is 0 Å². The Morgan fingerprint density at radius 1 is 1.44 bits per heavy atom. The molecule has 1 rings (SSSR count). The van der Waals surface area contributed by atoms with E-state index in [0.29, 0.717) is 6.54 Å². The maximum absolute atomic E-state index is 11.9. The molecule has 0 saturated heterocycles. The fourth-order valence-electron chi connectivity index (χ4n) is 2.28. The highest BCUT2D eigenvalue weighted by molar-refractivity contribution is 7.90. The lowest BCUT2D eigenvalue weighted by Crippen LogP contribution is -2.42. The van der Waals surface area contributed by atoms with E-state index in [4.69, 9.17) is 0 Å². The third-order valence-corrected chi connectivity index (χ3v) is 5.21. The number of hydrogen-bond donors (Lipinski definition) is 2. The van der Waals surface area contributed by atoms with Gasteiger partial charge in [0.1, 0.15) is 0 Å². The van der Waals surface area contributed by atoms with Gasteiger partial charge in [0, 0.05) is 12.6 Å². The van der Waals surface area contributed by atoms with Crippen LogP contribution in [0.1, 0.15) is 40.0 Å². The van der Waals surface area contributed by atoms with E-state index >= 15 is 0 Å². The second-order valence-electron chi connectivity index (χ2n) is 5.64. The molecule has 0 bridgehead atoms. The highest BCUT2D eigenvalue weighted by atomic mass is 32.2. The first kappa shape index (κ1) is 13.9. The fourth-order valence-corrected chi connectivity index (χ4v) is 3.57. The summed E-state index contributed by atoms with van der Waals surface area (Å²) in [5.74, 6) is 0. The molecule has 5 heteroatoms. The Hall–Kier alpha value is -0.130. The molecule has 0 aromatic rings. The quantitative estimate of drug-likeness (QED) is 0.766. The molecule has 0 heterocycles. The molecule has 96 valence electrons. The Balaban J connectivity index is 2.54. The van der Waals surface area contributed by atoms with Crippen LogP contribution in [0.2, 0.25) is 0 Å². The average molecular weight is 248 g/mol. The fraction of sp³-hybridized carbons (Fsp3) is 1.00. The minimum Gasteiger partial charge on any atom is -0.318 e. The molecule has 0 radical (unpaired) electrons. The monoisotopic (exact) mass is 248 g/mol. The zero-order chi connectivity index (χ0) is 12.4. The van der Waals surface area contributed by atoms with Gasteiger partial charge in [-0.05, 0) is 38.6 Å². The van der Waals surface area contributed by atoms with E-state index in [1.54, 1.807) is 14.0 Å². The van der Waals surface area contributed by atoms with Crippen LogP contribution in [-0.4, -0.2) is 33.3 Å². The van der Waals surface area contributed by atoms with E-state index in [-0.39, 0.29) is 16.7 Å². The van der Waals surface area contributed by atoms with Crippen molar-refractivity contribution in [2.24, 2.45) is 5.41 Å². The van der Waals surface area contributed by atoms with Gasteiger partial charge in [0.25, 0.3) is 0 Å². The number of rotatable bonds is 5. The SMILES string of the molecule is CNCC(C)S(=O)(=O)NC1CCC(C)(C)C1. The topological polar surface area (TPSA) is 58.2 Å². The molecule has 2 unspecified atom stereocenters. The maximum Gasteiger partial charge on any atom is 0.215 e. The van der Waals surface area contributed by atoms with Crippen molar-refractivity contribution in [2.75, 3.05) is 13.6 Å². The summed E-state index contributed by atoms with van der Waals surface area (Å²) >= 11 is 0. The van der Waals surface area contributed by atoms with Crippen LogP contribution in [0.5, 0.6) is 0 Å². The van der Waals surface area contributed by atoms with Crippen LogP contribution in [0.3, 0.4) is 0 Å². The molecule has 0 spiro atoms. The van der Waals surface area contributed by atoms with Gasteiger partial charge in [-0.1, -0.05) is 13.8 Å².